The van der Waals surface area contributed by atoms with Gasteiger partial charge in [0, 0.05) is 23.8 Å². The molecule has 64 heavy (non-hydrogen) atoms. The summed E-state index contributed by atoms with van der Waals surface area (Å²) in [5, 5.41) is 16.5. The minimum absolute atomic E-state index is 0.00461. The summed E-state index contributed by atoms with van der Waals surface area (Å²) < 4.78 is 78.3. The fourth-order valence-electron chi connectivity index (χ4n) is 6.75. The Labute approximate surface area is 374 Å². The zero-order chi connectivity index (χ0) is 47.9. The number of primary sulfonamides is 1. The lowest BCUT2D eigenvalue weighted by molar-refractivity contribution is -0.141. The fraction of sp³-hybridized carbons (Fsp3) is 0.564. The van der Waals surface area contributed by atoms with Crippen molar-refractivity contribution in [1.82, 2.24) is 41.3 Å². The van der Waals surface area contributed by atoms with Gasteiger partial charge in [0.15, 0.2) is 0 Å². The Kier molecular flexibility index (Phi) is 20.1. The lowest BCUT2D eigenvalue weighted by Crippen LogP contribution is -2.60. The number of rotatable bonds is 23. The predicted molar refractivity (Wildman–Crippen MR) is 226 cm³/mol. The Morgan fingerprint density at radius 2 is 1.44 bits per heavy atom. The molecule has 0 unspecified atom stereocenters. The molecule has 1 heterocycles. The third-order valence-electron chi connectivity index (χ3n) is 10.3. The molecule has 5 atom stereocenters. The average molecular weight is 962 g/mol. The van der Waals surface area contributed by atoms with Crippen LogP contribution in [0.1, 0.15) is 96.0 Å². The molecule has 1 fully saturated rings. The van der Waals surface area contributed by atoms with Gasteiger partial charge in [-0.05, 0) is 48.8 Å². The van der Waals surface area contributed by atoms with Gasteiger partial charge in [-0.3, -0.25) is 38.5 Å². The van der Waals surface area contributed by atoms with Crippen LogP contribution in [0.3, 0.4) is 0 Å². The molecule has 25 heteroatoms. The van der Waals surface area contributed by atoms with Crippen LogP contribution in [0.25, 0.3) is 0 Å². The number of ketones is 1. The highest BCUT2D eigenvalue weighted by Crippen LogP contribution is 2.28. The molecule has 6 amide bonds. The molecule has 354 valence electrons. The first kappa shape index (κ1) is 53.1. The van der Waals surface area contributed by atoms with Crippen molar-refractivity contribution in [3.05, 3.63) is 47.5 Å². The van der Waals surface area contributed by atoms with Crippen molar-refractivity contribution in [2.24, 2.45) is 22.9 Å². The minimum atomic E-state index is -4.83. The number of hydrogen-bond donors (Lipinski definition) is 7. The lowest BCUT2D eigenvalue weighted by atomic mass is 9.84. The third kappa shape index (κ3) is 16.7. The molecule has 8 N–H and O–H groups in total. The maximum absolute atomic E-state index is 14.1. The van der Waals surface area contributed by atoms with Crippen LogP contribution in [0.15, 0.2) is 46.6 Å². The molecule has 1 aromatic heterocycles. The van der Waals surface area contributed by atoms with E-state index in [0.717, 1.165) is 31.4 Å². The maximum atomic E-state index is 14.1. The maximum Gasteiger partial charge on any atom is 0.290 e. The standard InChI is InChI=1S/C39H54ClF2N9O11S2/c1-5-22(4)33(50-36(55)28(13-21(2)3)48-37(56)30-19-44-11-12-45-30)38(57)49-29(14-23-9-7-6-8-10-23)35(54)47-27(18-31(41)42)34(53)39(58)46-20-32(52)51-64(61,62)26-16-24(40)15-25(17-26)63(43,59)60/h11-12,15-17,19,21-23,27-29,31,33H,5-10,13-14,18,20H2,1-4H3,(H,46,58)(H,47,54)(H,48,56)(H,49,57)(H,50,55)(H,51,52)(H2,43,59,60)/t22-,27-,28-,29-,33-/m0/s1. The van der Waals surface area contributed by atoms with Gasteiger partial charge in [-0.15, -0.1) is 0 Å². The van der Waals surface area contributed by atoms with Crippen molar-refractivity contribution < 1.29 is 59.2 Å². The third-order valence-corrected chi connectivity index (χ3v) is 12.7. The second kappa shape index (κ2) is 24.2. The number of carbonyl (C=O) groups excluding carboxylic acids is 7. The number of nitrogens with one attached hydrogen (secondary N) is 6. The molecule has 1 aliphatic rings. The molecule has 20 nitrogen and oxygen atoms in total. The molecular weight excluding hydrogens is 908 g/mol. The van der Waals surface area contributed by atoms with Crippen molar-refractivity contribution in [1.29, 1.82) is 0 Å². The molecular formula is C39H54ClF2N9O11S2. The van der Waals surface area contributed by atoms with Gasteiger partial charge in [0.25, 0.3) is 27.7 Å². The average Bonchev–Trinajstić information content (AvgIpc) is 3.22. The number of sulfonamides is 2. The number of nitrogens with zero attached hydrogens (tertiary/aromatic N) is 2. The number of carbonyl (C=O) groups is 7. The second-order valence-corrected chi connectivity index (χ2v) is 19.5. The monoisotopic (exact) mass is 961 g/mol. The summed E-state index contributed by atoms with van der Waals surface area (Å²) in [7, 11) is -9.27. The summed E-state index contributed by atoms with van der Waals surface area (Å²) in [5.74, 6) is -8.80. The normalized spacial score (nSPS) is 15.8. The van der Waals surface area contributed by atoms with Crippen molar-refractivity contribution >= 4 is 72.9 Å². The Hall–Kier alpha value is -5.20. The number of amides is 6. The number of halogens is 3. The lowest BCUT2D eigenvalue weighted by Gasteiger charge is -2.31. The summed E-state index contributed by atoms with van der Waals surface area (Å²) in [4.78, 5) is 99.7. The van der Waals surface area contributed by atoms with Crippen LogP contribution in [0, 0.1) is 17.8 Å². The highest BCUT2D eigenvalue weighted by molar-refractivity contribution is 7.90. The number of aromatic nitrogens is 2. The number of alkyl halides is 2. The first-order valence-corrected chi connectivity index (χ1v) is 23.8. The number of Topliss-reactive ketones (excluding diaryl/α,β-unsaturated/α-hetero) is 1. The number of benzene rings is 1. The Morgan fingerprint density at radius 3 is 2.02 bits per heavy atom. The molecule has 0 saturated heterocycles. The Morgan fingerprint density at radius 1 is 0.812 bits per heavy atom. The summed E-state index contributed by atoms with van der Waals surface area (Å²) in [6.07, 6.45) is 3.69. The molecule has 1 aliphatic carbocycles. The van der Waals surface area contributed by atoms with E-state index in [1.165, 1.54) is 23.3 Å². The van der Waals surface area contributed by atoms with Crippen molar-refractivity contribution in [3.8, 4) is 0 Å². The second-order valence-electron chi connectivity index (χ2n) is 15.9. The smallest absolute Gasteiger partial charge is 0.290 e. The van der Waals surface area contributed by atoms with Crippen LogP contribution < -0.4 is 36.4 Å². The van der Waals surface area contributed by atoms with E-state index in [1.54, 1.807) is 19.2 Å². The molecule has 3 rings (SSSR count). The SMILES string of the molecule is CC[C@H](C)[C@H](NC(=O)[C@H](CC(C)C)NC(=O)c1cnccn1)C(=O)N[C@@H](CC1CCCCC1)C(=O)N[C@@H](CC(F)F)C(=O)C(=O)NCC(=O)NS(=O)(=O)c1cc(Cl)cc(S(N)(=O)=O)c1. The molecule has 0 bridgehead atoms. The van der Waals surface area contributed by atoms with Crippen molar-refractivity contribution in [3.63, 3.8) is 0 Å². The van der Waals surface area contributed by atoms with Crippen LogP contribution in [0.5, 0.6) is 0 Å². The van der Waals surface area contributed by atoms with Gasteiger partial charge in [0.1, 0.15) is 29.9 Å². The highest BCUT2D eigenvalue weighted by Gasteiger charge is 2.37. The Balaban J connectivity index is 1.79. The number of hydrogen-bond acceptors (Lipinski definition) is 13. The Bertz CT molecular complexity index is 2240. The largest absolute Gasteiger partial charge is 0.344 e. The molecule has 1 saturated carbocycles. The van der Waals surface area contributed by atoms with E-state index in [9.17, 15) is 59.2 Å². The zero-order valence-electron chi connectivity index (χ0n) is 35.6. The molecule has 1 aromatic carbocycles. The van der Waals surface area contributed by atoms with E-state index >= 15 is 0 Å². The predicted octanol–water partition coefficient (Wildman–Crippen LogP) is 1.24. The first-order valence-electron chi connectivity index (χ1n) is 20.4. The fourth-order valence-corrected chi connectivity index (χ4v) is 8.82. The first-order chi connectivity index (χ1) is 29.9. The van der Waals surface area contributed by atoms with Gasteiger partial charge in [-0.1, -0.05) is 77.8 Å². The van der Waals surface area contributed by atoms with E-state index in [1.807, 2.05) is 13.8 Å². The quantitative estimate of drug-likeness (QED) is 0.0773. The van der Waals surface area contributed by atoms with E-state index in [2.05, 4.69) is 31.2 Å². The van der Waals surface area contributed by atoms with Crippen LogP contribution in [0.4, 0.5) is 8.78 Å². The summed E-state index contributed by atoms with van der Waals surface area (Å²) >= 11 is 5.81. The topological polar surface area (TPSA) is 312 Å². The van der Waals surface area contributed by atoms with Crippen LogP contribution in [-0.4, -0.2) is 105 Å². The van der Waals surface area contributed by atoms with Crippen LogP contribution in [-0.2, 0) is 48.8 Å². The van der Waals surface area contributed by atoms with Crippen molar-refractivity contribution in [2.75, 3.05) is 6.54 Å². The zero-order valence-corrected chi connectivity index (χ0v) is 38.0. The molecule has 2 aromatic rings. The van der Waals surface area contributed by atoms with Crippen LogP contribution in [0.2, 0.25) is 5.02 Å². The van der Waals surface area contributed by atoms with E-state index < -0.39 is 121 Å². The summed E-state index contributed by atoms with van der Waals surface area (Å²) in [6.45, 7) is 5.87. The minimum Gasteiger partial charge on any atom is -0.344 e. The highest BCUT2D eigenvalue weighted by atomic mass is 35.5. The van der Waals surface area contributed by atoms with Gasteiger partial charge in [-0.25, -0.2) is 40.5 Å². The van der Waals surface area contributed by atoms with Gasteiger partial charge in [-0.2, -0.15) is 0 Å². The van der Waals surface area contributed by atoms with E-state index in [4.69, 9.17) is 16.7 Å². The summed E-state index contributed by atoms with van der Waals surface area (Å²) in [5.41, 5.74) is -0.0477. The van der Waals surface area contributed by atoms with Gasteiger partial charge in [0.2, 0.25) is 40.0 Å². The van der Waals surface area contributed by atoms with Gasteiger partial charge >= 0.3 is 0 Å². The number of nitrogens with two attached hydrogens (primary N) is 1. The van der Waals surface area contributed by atoms with E-state index in [0.29, 0.717) is 25.3 Å². The summed E-state index contributed by atoms with van der Waals surface area (Å²) in [6, 6.07) is -3.77. The van der Waals surface area contributed by atoms with E-state index in [-0.39, 0.29) is 35.4 Å². The molecule has 0 spiro atoms. The van der Waals surface area contributed by atoms with Crippen LogP contribution >= 0.6 is 11.6 Å². The van der Waals surface area contributed by atoms with Crippen molar-refractivity contribution in [2.45, 2.75) is 126 Å². The van der Waals surface area contributed by atoms with Gasteiger partial charge < -0.3 is 26.6 Å². The molecule has 0 radical (unpaired) electrons. The molecule has 0 aliphatic heterocycles. The van der Waals surface area contributed by atoms with Gasteiger partial charge in [0.05, 0.1) is 22.5 Å².